The van der Waals surface area contributed by atoms with Crippen molar-refractivity contribution in [3.8, 4) is 6.07 Å². The molecule has 21 heavy (non-hydrogen) atoms. The maximum Gasteiger partial charge on any atom is 0.269 e. The number of amides is 1. The molecule has 0 saturated carbocycles. The Labute approximate surface area is 123 Å². The summed E-state index contributed by atoms with van der Waals surface area (Å²) < 4.78 is 0. The van der Waals surface area contributed by atoms with E-state index in [1.165, 1.54) is 0 Å². The van der Waals surface area contributed by atoms with Crippen molar-refractivity contribution in [1.82, 2.24) is 10.3 Å². The van der Waals surface area contributed by atoms with Gasteiger partial charge >= 0.3 is 0 Å². The highest BCUT2D eigenvalue weighted by atomic mass is 16.1. The number of hydrogen-bond donors (Lipinski definition) is 2. The molecule has 0 aliphatic carbocycles. The molecular formula is C16H16N4O. The van der Waals surface area contributed by atoms with Gasteiger partial charge in [0.2, 0.25) is 0 Å². The highest BCUT2D eigenvalue weighted by Crippen LogP contribution is 2.09. The van der Waals surface area contributed by atoms with Gasteiger partial charge in [0.15, 0.2) is 0 Å². The Morgan fingerprint density at radius 1 is 1.29 bits per heavy atom. The number of carbonyl (C=O) groups is 1. The lowest BCUT2D eigenvalue weighted by atomic mass is 10.1. The van der Waals surface area contributed by atoms with Crippen LogP contribution in [0.25, 0.3) is 0 Å². The van der Waals surface area contributed by atoms with Crippen LogP contribution in [0, 0.1) is 11.3 Å². The summed E-state index contributed by atoms with van der Waals surface area (Å²) in [5.74, 6) is -0.183. The second-order valence-electron chi connectivity index (χ2n) is 4.49. The molecule has 2 rings (SSSR count). The number of aromatic nitrogens is 1. The van der Waals surface area contributed by atoms with Gasteiger partial charge in [0.05, 0.1) is 11.6 Å². The van der Waals surface area contributed by atoms with E-state index in [0.717, 1.165) is 24.2 Å². The topological polar surface area (TPSA) is 77.8 Å². The molecule has 0 radical (unpaired) electrons. The van der Waals surface area contributed by atoms with Crippen LogP contribution < -0.4 is 10.6 Å². The molecule has 2 aromatic rings. The largest absolute Gasteiger partial charge is 0.385 e. The van der Waals surface area contributed by atoms with Gasteiger partial charge in [-0.05, 0) is 48.4 Å². The van der Waals surface area contributed by atoms with Crippen LogP contribution in [0.5, 0.6) is 0 Å². The molecule has 0 bridgehead atoms. The fourth-order valence-corrected chi connectivity index (χ4v) is 1.90. The molecule has 1 aromatic heterocycles. The number of anilines is 1. The molecular weight excluding hydrogens is 264 g/mol. The normalized spacial score (nSPS) is 9.71. The second kappa shape index (κ2) is 7.06. The number of carbonyl (C=O) groups excluding carboxylic acids is 1. The zero-order chi connectivity index (χ0) is 15.1. The molecule has 0 saturated heterocycles. The lowest BCUT2D eigenvalue weighted by Gasteiger charge is -2.07. The van der Waals surface area contributed by atoms with Crippen LogP contribution in [-0.2, 0) is 6.42 Å². The fraction of sp³-hybridized carbons (Fsp3) is 0.188. The number of rotatable bonds is 5. The third kappa shape index (κ3) is 4.05. The minimum atomic E-state index is -0.183. The first-order valence-electron chi connectivity index (χ1n) is 6.64. The van der Waals surface area contributed by atoms with Crippen LogP contribution in [0.15, 0.2) is 42.6 Å². The lowest BCUT2D eigenvalue weighted by molar-refractivity contribution is 0.0958. The standard InChI is InChI=1S/C16H16N4O/c1-18-16(21)15-10-12(7-9-20-15)6-8-19-14-4-2-13(11-17)3-5-14/h2-5,7,9-10,19H,6,8H2,1H3,(H,18,21). The molecule has 0 unspecified atom stereocenters. The quantitative estimate of drug-likeness (QED) is 0.877. The van der Waals surface area contributed by atoms with Gasteiger partial charge in [-0.1, -0.05) is 0 Å². The van der Waals surface area contributed by atoms with E-state index in [0.29, 0.717) is 11.3 Å². The zero-order valence-electron chi connectivity index (χ0n) is 11.8. The molecule has 0 fully saturated rings. The highest BCUT2D eigenvalue weighted by molar-refractivity contribution is 5.92. The minimum absolute atomic E-state index is 0.183. The first-order valence-corrected chi connectivity index (χ1v) is 6.64. The Bertz CT molecular complexity index is 659. The predicted molar refractivity (Wildman–Crippen MR) is 81.0 cm³/mol. The smallest absolute Gasteiger partial charge is 0.269 e. The van der Waals surface area contributed by atoms with Crippen LogP contribution in [0.2, 0.25) is 0 Å². The Balaban J connectivity index is 1.91. The lowest BCUT2D eigenvalue weighted by Crippen LogP contribution is -2.19. The minimum Gasteiger partial charge on any atom is -0.385 e. The summed E-state index contributed by atoms with van der Waals surface area (Å²) in [6.07, 6.45) is 2.42. The summed E-state index contributed by atoms with van der Waals surface area (Å²) in [6.45, 7) is 0.739. The van der Waals surface area contributed by atoms with Crippen molar-refractivity contribution in [2.45, 2.75) is 6.42 Å². The fourth-order valence-electron chi connectivity index (χ4n) is 1.90. The van der Waals surface area contributed by atoms with Crippen molar-refractivity contribution >= 4 is 11.6 Å². The number of nitrogens with zero attached hydrogens (tertiary/aromatic N) is 2. The van der Waals surface area contributed by atoms with Crippen molar-refractivity contribution in [3.63, 3.8) is 0 Å². The average molecular weight is 280 g/mol. The summed E-state index contributed by atoms with van der Waals surface area (Å²) in [5, 5.41) is 14.6. The molecule has 0 aliphatic rings. The Hall–Kier alpha value is -2.87. The van der Waals surface area contributed by atoms with Crippen molar-refractivity contribution in [2.24, 2.45) is 0 Å². The molecule has 2 N–H and O–H groups in total. The first-order chi connectivity index (χ1) is 10.2. The Morgan fingerprint density at radius 2 is 2.05 bits per heavy atom. The molecule has 106 valence electrons. The van der Waals surface area contributed by atoms with Crippen molar-refractivity contribution in [1.29, 1.82) is 5.26 Å². The highest BCUT2D eigenvalue weighted by Gasteiger charge is 2.05. The van der Waals surface area contributed by atoms with Gasteiger partial charge in [-0.25, -0.2) is 0 Å². The van der Waals surface area contributed by atoms with Crippen LogP contribution in [0.4, 0.5) is 5.69 Å². The van der Waals surface area contributed by atoms with E-state index in [1.54, 1.807) is 31.4 Å². The van der Waals surface area contributed by atoms with E-state index in [9.17, 15) is 4.79 Å². The number of benzene rings is 1. The summed E-state index contributed by atoms with van der Waals surface area (Å²) in [7, 11) is 1.59. The average Bonchev–Trinajstić information content (AvgIpc) is 2.55. The van der Waals surface area contributed by atoms with E-state index in [-0.39, 0.29) is 5.91 Å². The molecule has 5 heteroatoms. The van der Waals surface area contributed by atoms with Gasteiger partial charge in [-0.15, -0.1) is 0 Å². The Kier molecular flexibility index (Phi) is 4.89. The van der Waals surface area contributed by atoms with Crippen LogP contribution in [0.3, 0.4) is 0 Å². The number of nitrogens with one attached hydrogen (secondary N) is 2. The van der Waals surface area contributed by atoms with Gasteiger partial charge in [-0.2, -0.15) is 5.26 Å². The van der Waals surface area contributed by atoms with E-state index in [2.05, 4.69) is 21.7 Å². The third-order valence-corrected chi connectivity index (χ3v) is 3.04. The summed E-state index contributed by atoms with van der Waals surface area (Å²) in [4.78, 5) is 15.5. The maximum atomic E-state index is 11.5. The molecule has 0 atom stereocenters. The van der Waals surface area contributed by atoms with Crippen LogP contribution in [0.1, 0.15) is 21.6 Å². The molecule has 5 nitrogen and oxygen atoms in total. The second-order valence-corrected chi connectivity index (χ2v) is 4.49. The predicted octanol–water partition coefficient (Wildman–Crippen LogP) is 1.97. The van der Waals surface area contributed by atoms with Gasteiger partial charge < -0.3 is 10.6 Å². The van der Waals surface area contributed by atoms with Crippen LogP contribution in [-0.4, -0.2) is 24.5 Å². The summed E-state index contributed by atoms with van der Waals surface area (Å²) >= 11 is 0. The van der Waals surface area contributed by atoms with Crippen LogP contribution >= 0.6 is 0 Å². The molecule has 1 heterocycles. The number of nitriles is 1. The maximum absolute atomic E-state index is 11.5. The third-order valence-electron chi connectivity index (χ3n) is 3.04. The summed E-state index contributed by atoms with van der Waals surface area (Å²) in [5.41, 5.74) is 3.08. The van der Waals surface area contributed by atoms with Gasteiger partial charge in [-0.3, -0.25) is 9.78 Å². The molecule has 1 amide bonds. The molecule has 0 aliphatic heterocycles. The van der Waals surface area contributed by atoms with Gasteiger partial charge in [0.25, 0.3) is 5.91 Å². The monoisotopic (exact) mass is 280 g/mol. The van der Waals surface area contributed by atoms with E-state index in [4.69, 9.17) is 5.26 Å². The van der Waals surface area contributed by atoms with Crippen molar-refractivity contribution in [2.75, 3.05) is 18.9 Å². The van der Waals surface area contributed by atoms with Crippen molar-refractivity contribution < 1.29 is 4.79 Å². The number of pyridine rings is 1. The van der Waals surface area contributed by atoms with Crippen molar-refractivity contribution in [3.05, 3.63) is 59.4 Å². The van der Waals surface area contributed by atoms with E-state index < -0.39 is 0 Å². The Morgan fingerprint density at radius 3 is 2.71 bits per heavy atom. The molecule has 1 aromatic carbocycles. The zero-order valence-corrected chi connectivity index (χ0v) is 11.8. The SMILES string of the molecule is CNC(=O)c1cc(CCNc2ccc(C#N)cc2)ccn1. The van der Waals surface area contributed by atoms with Gasteiger partial charge in [0.1, 0.15) is 5.69 Å². The van der Waals surface area contributed by atoms with Gasteiger partial charge in [0, 0.05) is 25.5 Å². The molecule has 0 spiro atoms. The first kappa shape index (κ1) is 14.5. The van der Waals surface area contributed by atoms with E-state index >= 15 is 0 Å². The summed E-state index contributed by atoms with van der Waals surface area (Å²) in [6, 6.07) is 13.1. The number of hydrogen-bond acceptors (Lipinski definition) is 4. The van der Waals surface area contributed by atoms with E-state index in [1.807, 2.05) is 18.2 Å².